The highest BCUT2D eigenvalue weighted by Crippen LogP contribution is 2.27. The smallest absolute Gasteiger partial charge is 0.411 e. The molecule has 0 saturated carbocycles. The van der Waals surface area contributed by atoms with Gasteiger partial charge in [-0.05, 0) is 37.5 Å². The normalized spacial score (nSPS) is 16.0. The van der Waals surface area contributed by atoms with Crippen LogP contribution in [-0.4, -0.2) is 51.7 Å². The Morgan fingerprint density at radius 2 is 1.70 bits per heavy atom. The van der Waals surface area contributed by atoms with Crippen LogP contribution in [0.3, 0.4) is 0 Å². The molecule has 1 aliphatic rings. The van der Waals surface area contributed by atoms with E-state index < -0.39 is 17.7 Å². The highest BCUT2D eigenvalue weighted by molar-refractivity contribution is 5.86. The van der Waals surface area contributed by atoms with Crippen molar-refractivity contribution in [1.29, 1.82) is 0 Å². The largest absolute Gasteiger partial charge is 0.444 e. The van der Waals surface area contributed by atoms with Crippen LogP contribution in [0.1, 0.15) is 37.5 Å². The Balaban J connectivity index is 1.89. The lowest BCUT2D eigenvalue weighted by Gasteiger charge is -2.39. The Bertz CT molecular complexity index is 876. The molecule has 0 spiro atoms. The van der Waals surface area contributed by atoms with Crippen LogP contribution in [0.25, 0.3) is 0 Å². The molecule has 1 unspecified atom stereocenters. The maximum atomic E-state index is 13.5. The molecule has 30 heavy (non-hydrogen) atoms. The summed E-state index contributed by atoms with van der Waals surface area (Å²) >= 11 is 0. The van der Waals surface area contributed by atoms with Gasteiger partial charge in [0.15, 0.2) is 0 Å². The molecule has 3 rings (SSSR count). The van der Waals surface area contributed by atoms with Gasteiger partial charge in [-0.15, -0.1) is 0 Å². The van der Waals surface area contributed by atoms with E-state index in [9.17, 15) is 14.7 Å². The number of benzene rings is 2. The summed E-state index contributed by atoms with van der Waals surface area (Å²) in [6.07, 6.45) is -0.0793. The zero-order valence-corrected chi connectivity index (χ0v) is 17.9. The van der Waals surface area contributed by atoms with Gasteiger partial charge in [0.05, 0.1) is 13.2 Å². The topological polar surface area (TPSA) is 70.1 Å². The average Bonchev–Trinajstić information content (AvgIpc) is 2.71. The monoisotopic (exact) mass is 410 g/mol. The Morgan fingerprint density at radius 3 is 2.33 bits per heavy atom. The molecule has 1 N–H and O–H groups in total. The predicted molar refractivity (Wildman–Crippen MR) is 115 cm³/mol. The molecule has 1 atom stereocenters. The fraction of sp³-hybridized carbons (Fsp3) is 0.417. The summed E-state index contributed by atoms with van der Waals surface area (Å²) in [5.41, 5.74) is 2.39. The number of hydrogen-bond acceptors (Lipinski definition) is 4. The molecule has 160 valence electrons. The second-order valence-corrected chi connectivity index (χ2v) is 8.57. The SMILES string of the molecule is CC(C)(C)OC(=O)N1Cc2ccccc2CC1C(=O)N(CCO)Cc1ccccc1. The van der Waals surface area contributed by atoms with Crippen LogP contribution in [0.5, 0.6) is 0 Å². The first-order chi connectivity index (χ1) is 14.3. The number of carbonyl (C=O) groups excluding carboxylic acids is 2. The number of ether oxygens (including phenoxy) is 1. The molecule has 1 heterocycles. The highest BCUT2D eigenvalue weighted by atomic mass is 16.6. The maximum Gasteiger partial charge on any atom is 0.411 e. The van der Waals surface area contributed by atoms with Crippen molar-refractivity contribution in [1.82, 2.24) is 9.80 Å². The van der Waals surface area contributed by atoms with Crippen molar-refractivity contribution in [2.24, 2.45) is 0 Å². The van der Waals surface area contributed by atoms with Crippen molar-refractivity contribution in [3.8, 4) is 0 Å². The van der Waals surface area contributed by atoms with E-state index in [2.05, 4.69) is 0 Å². The number of rotatable bonds is 5. The van der Waals surface area contributed by atoms with Crippen LogP contribution in [-0.2, 0) is 29.0 Å². The van der Waals surface area contributed by atoms with Crippen LogP contribution in [0.2, 0.25) is 0 Å². The minimum absolute atomic E-state index is 0.145. The zero-order valence-electron chi connectivity index (χ0n) is 17.9. The van der Waals surface area contributed by atoms with Crippen molar-refractivity contribution in [3.05, 3.63) is 71.3 Å². The summed E-state index contributed by atoms with van der Waals surface area (Å²) in [6.45, 7) is 6.19. The van der Waals surface area contributed by atoms with Gasteiger partial charge in [-0.2, -0.15) is 0 Å². The number of nitrogens with zero attached hydrogens (tertiary/aromatic N) is 2. The first-order valence-corrected chi connectivity index (χ1v) is 10.3. The van der Waals surface area contributed by atoms with Crippen LogP contribution in [0.15, 0.2) is 54.6 Å². The third-order valence-corrected chi connectivity index (χ3v) is 5.06. The Labute approximate surface area is 178 Å². The first-order valence-electron chi connectivity index (χ1n) is 10.3. The van der Waals surface area contributed by atoms with Gasteiger partial charge in [0.1, 0.15) is 11.6 Å². The van der Waals surface area contributed by atoms with Gasteiger partial charge in [0.2, 0.25) is 5.91 Å². The molecule has 6 nitrogen and oxygen atoms in total. The number of aliphatic hydroxyl groups excluding tert-OH is 1. The fourth-order valence-corrected chi connectivity index (χ4v) is 3.66. The van der Waals surface area contributed by atoms with E-state index >= 15 is 0 Å². The molecule has 0 aromatic heterocycles. The number of aliphatic hydroxyl groups is 1. The summed E-state index contributed by atoms with van der Waals surface area (Å²) in [6, 6.07) is 16.8. The van der Waals surface area contributed by atoms with E-state index in [0.29, 0.717) is 19.5 Å². The molecule has 1 aliphatic heterocycles. The summed E-state index contributed by atoms with van der Waals surface area (Å²) in [4.78, 5) is 29.6. The quantitative estimate of drug-likeness (QED) is 0.821. The van der Waals surface area contributed by atoms with Gasteiger partial charge < -0.3 is 14.7 Å². The molecule has 6 heteroatoms. The Morgan fingerprint density at radius 1 is 1.07 bits per heavy atom. The summed E-state index contributed by atoms with van der Waals surface area (Å²) < 4.78 is 5.60. The van der Waals surface area contributed by atoms with Gasteiger partial charge in [-0.25, -0.2) is 4.79 Å². The third kappa shape index (κ3) is 5.39. The summed E-state index contributed by atoms with van der Waals surface area (Å²) in [5.74, 6) is -0.187. The number of fused-ring (bicyclic) bond motifs is 1. The van der Waals surface area contributed by atoms with Crippen LogP contribution in [0.4, 0.5) is 4.79 Å². The van der Waals surface area contributed by atoms with Crippen molar-refractivity contribution in [2.75, 3.05) is 13.2 Å². The van der Waals surface area contributed by atoms with Gasteiger partial charge in [0, 0.05) is 19.5 Å². The van der Waals surface area contributed by atoms with E-state index in [1.165, 1.54) is 4.90 Å². The van der Waals surface area contributed by atoms with E-state index in [1.807, 2.05) is 75.4 Å². The minimum atomic E-state index is -0.676. The van der Waals surface area contributed by atoms with Gasteiger partial charge >= 0.3 is 6.09 Å². The van der Waals surface area contributed by atoms with E-state index in [1.54, 1.807) is 4.90 Å². The van der Waals surface area contributed by atoms with Crippen LogP contribution < -0.4 is 0 Å². The fourth-order valence-electron chi connectivity index (χ4n) is 3.66. The van der Waals surface area contributed by atoms with Crippen molar-refractivity contribution < 1.29 is 19.4 Å². The van der Waals surface area contributed by atoms with Crippen molar-refractivity contribution in [3.63, 3.8) is 0 Å². The number of amides is 2. The highest BCUT2D eigenvalue weighted by Gasteiger charge is 2.38. The molecule has 2 aromatic carbocycles. The summed E-state index contributed by atoms with van der Waals surface area (Å²) in [5, 5.41) is 9.55. The molecule has 2 amide bonds. The zero-order chi connectivity index (χ0) is 21.7. The lowest BCUT2D eigenvalue weighted by Crippen LogP contribution is -2.54. The number of hydrogen-bond donors (Lipinski definition) is 1. The van der Waals surface area contributed by atoms with Crippen LogP contribution >= 0.6 is 0 Å². The van der Waals surface area contributed by atoms with E-state index in [-0.39, 0.29) is 19.1 Å². The lowest BCUT2D eigenvalue weighted by atomic mass is 9.93. The van der Waals surface area contributed by atoms with Gasteiger partial charge in [0.25, 0.3) is 0 Å². The minimum Gasteiger partial charge on any atom is -0.444 e. The van der Waals surface area contributed by atoms with E-state index in [0.717, 1.165) is 16.7 Å². The summed E-state index contributed by atoms with van der Waals surface area (Å²) in [7, 11) is 0. The molecular weight excluding hydrogens is 380 g/mol. The molecule has 0 fully saturated rings. The van der Waals surface area contributed by atoms with Crippen molar-refractivity contribution in [2.45, 2.75) is 51.9 Å². The molecule has 0 aliphatic carbocycles. The molecule has 2 aromatic rings. The standard InChI is InChI=1S/C24H30N2O4/c1-24(2,3)30-23(29)26-17-20-12-8-7-11-19(20)15-21(26)22(28)25(13-14-27)16-18-9-5-4-6-10-18/h4-12,21,27H,13-17H2,1-3H3. The second-order valence-electron chi connectivity index (χ2n) is 8.57. The van der Waals surface area contributed by atoms with Crippen LogP contribution in [0, 0.1) is 0 Å². The Hall–Kier alpha value is -2.86. The molecular formula is C24H30N2O4. The third-order valence-electron chi connectivity index (χ3n) is 5.06. The predicted octanol–water partition coefficient (Wildman–Crippen LogP) is 3.37. The van der Waals surface area contributed by atoms with Gasteiger partial charge in [-0.3, -0.25) is 9.69 Å². The van der Waals surface area contributed by atoms with Crippen molar-refractivity contribution >= 4 is 12.0 Å². The lowest BCUT2D eigenvalue weighted by molar-refractivity contribution is -0.138. The van der Waals surface area contributed by atoms with E-state index in [4.69, 9.17) is 4.74 Å². The molecule has 0 bridgehead atoms. The Kier molecular flexibility index (Phi) is 6.77. The maximum absolute atomic E-state index is 13.5. The second kappa shape index (κ2) is 9.30. The molecule has 0 saturated heterocycles. The van der Waals surface area contributed by atoms with Gasteiger partial charge in [-0.1, -0.05) is 54.6 Å². The number of carbonyl (C=O) groups is 2. The molecule has 0 radical (unpaired) electrons. The average molecular weight is 411 g/mol. The first kappa shape index (κ1) is 21.8.